The Balaban J connectivity index is 1.95. The number of amides is 1. The monoisotopic (exact) mass is 479 g/mol. The van der Waals surface area contributed by atoms with Crippen LogP contribution >= 0.6 is 0 Å². The lowest BCUT2D eigenvalue weighted by atomic mass is 9.94. The van der Waals surface area contributed by atoms with Crippen LogP contribution in [0.25, 0.3) is 5.76 Å². The van der Waals surface area contributed by atoms with Gasteiger partial charge in [0.2, 0.25) is 5.75 Å². The maximum atomic E-state index is 13.3. The zero-order valence-corrected chi connectivity index (χ0v) is 19.7. The number of benzene rings is 2. The van der Waals surface area contributed by atoms with Crippen molar-refractivity contribution in [3.05, 3.63) is 77.3 Å². The van der Waals surface area contributed by atoms with Crippen LogP contribution in [0.1, 0.15) is 22.9 Å². The van der Waals surface area contributed by atoms with Gasteiger partial charge in [-0.2, -0.15) is 0 Å². The van der Waals surface area contributed by atoms with Gasteiger partial charge in [-0.1, -0.05) is 12.1 Å². The minimum absolute atomic E-state index is 0.00773. The number of hydrogen-bond acceptors (Lipinski definition) is 8. The molecule has 2 heterocycles. The molecule has 0 radical (unpaired) electrons. The number of carbonyl (C=O) groups is 2. The van der Waals surface area contributed by atoms with Gasteiger partial charge in [0.1, 0.15) is 17.3 Å². The smallest absolute Gasteiger partial charge is 0.296 e. The number of Topliss-reactive ketones (excluding diaryl/α,β-unsaturated/α-hetero) is 1. The summed E-state index contributed by atoms with van der Waals surface area (Å²) in [4.78, 5) is 27.8. The van der Waals surface area contributed by atoms with E-state index < -0.39 is 17.7 Å². The molecule has 1 N–H and O–H groups in total. The van der Waals surface area contributed by atoms with E-state index in [0.29, 0.717) is 39.9 Å². The highest BCUT2D eigenvalue weighted by molar-refractivity contribution is 6.46. The van der Waals surface area contributed by atoms with Crippen molar-refractivity contribution in [2.45, 2.75) is 12.6 Å². The molecule has 9 nitrogen and oxygen atoms in total. The van der Waals surface area contributed by atoms with E-state index >= 15 is 0 Å². The average Bonchev–Trinajstić information content (AvgIpc) is 3.49. The van der Waals surface area contributed by atoms with Gasteiger partial charge >= 0.3 is 0 Å². The number of aliphatic hydroxyl groups excluding tert-OH is 1. The molecule has 1 aliphatic heterocycles. The topological polar surface area (TPSA) is 108 Å². The number of hydrogen-bond donors (Lipinski definition) is 1. The number of nitrogens with zero attached hydrogens (tertiary/aromatic N) is 1. The lowest BCUT2D eigenvalue weighted by Gasteiger charge is -2.26. The fourth-order valence-electron chi connectivity index (χ4n) is 4.15. The van der Waals surface area contributed by atoms with Crippen LogP contribution in [-0.2, 0) is 16.1 Å². The summed E-state index contributed by atoms with van der Waals surface area (Å²) >= 11 is 0. The third-order valence-corrected chi connectivity index (χ3v) is 5.79. The molecule has 9 heteroatoms. The van der Waals surface area contributed by atoms with Crippen molar-refractivity contribution >= 4 is 17.4 Å². The van der Waals surface area contributed by atoms with Crippen LogP contribution in [0.15, 0.2) is 64.8 Å². The van der Waals surface area contributed by atoms with E-state index in [4.69, 9.17) is 23.4 Å². The molecule has 1 aliphatic rings. The Hall–Kier alpha value is -4.40. The summed E-state index contributed by atoms with van der Waals surface area (Å²) in [6, 6.07) is 12.3. The highest BCUT2D eigenvalue weighted by Gasteiger charge is 2.47. The summed E-state index contributed by atoms with van der Waals surface area (Å²) < 4.78 is 27.0. The average molecular weight is 479 g/mol. The van der Waals surface area contributed by atoms with E-state index in [1.165, 1.54) is 39.6 Å². The van der Waals surface area contributed by atoms with Crippen LogP contribution in [0.4, 0.5) is 0 Å². The first-order chi connectivity index (χ1) is 16.9. The summed E-state index contributed by atoms with van der Waals surface area (Å²) in [6.07, 6.45) is 1.48. The third kappa shape index (κ3) is 4.28. The van der Waals surface area contributed by atoms with E-state index in [-0.39, 0.29) is 17.9 Å². The Bertz CT molecular complexity index is 1250. The van der Waals surface area contributed by atoms with Crippen LogP contribution in [0.5, 0.6) is 23.0 Å². The molecule has 1 amide bonds. The quantitative estimate of drug-likeness (QED) is 0.294. The summed E-state index contributed by atoms with van der Waals surface area (Å²) in [5.74, 6) is 0.0743. The second-order valence-electron chi connectivity index (χ2n) is 7.70. The van der Waals surface area contributed by atoms with Crippen LogP contribution in [0, 0.1) is 0 Å². The van der Waals surface area contributed by atoms with Crippen LogP contribution in [0.3, 0.4) is 0 Å². The standard InChI is InChI=1S/C26H25NO8/c1-31-17-8-5-7-15(11-17)23(28)21-22(16-12-19(32-2)25(34-4)20(13-16)33-3)27(26(30)24(21)29)14-18-9-6-10-35-18/h5-13,22,28H,14H2,1-4H3. The van der Waals surface area contributed by atoms with Gasteiger partial charge in [0, 0.05) is 5.56 Å². The summed E-state index contributed by atoms with van der Waals surface area (Å²) in [5.41, 5.74) is 0.733. The maximum absolute atomic E-state index is 13.3. The zero-order valence-electron chi connectivity index (χ0n) is 19.7. The number of furan rings is 1. The van der Waals surface area contributed by atoms with E-state index in [1.807, 2.05) is 0 Å². The third-order valence-electron chi connectivity index (χ3n) is 5.79. The molecule has 4 rings (SSSR count). The van der Waals surface area contributed by atoms with E-state index in [1.54, 1.807) is 48.5 Å². The van der Waals surface area contributed by atoms with Gasteiger partial charge in [-0.25, -0.2) is 0 Å². The molecule has 35 heavy (non-hydrogen) atoms. The van der Waals surface area contributed by atoms with Crippen molar-refractivity contribution in [1.82, 2.24) is 4.90 Å². The van der Waals surface area contributed by atoms with Gasteiger partial charge in [-0.05, 0) is 42.0 Å². The summed E-state index contributed by atoms with van der Waals surface area (Å²) in [6.45, 7) is 0.00773. The molecule has 0 bridgehead atoms. The Morgan fingerprint density at radius 1 is 0.943 bits per heavy atom. The largest absolute Gasteiger partial charge is 0.507 e. The number of methoxy groups -OCH3 is 4. The van der Waals surface area contributed by atoms with Crippen molar-refractivity contribution in [3.63, 3.8) is 0 Å². The molecule has 1 aromatic heterocycles. The van der Waals surface area contributed by atoms with Crippen LogP contribution < -0.4 is 18.9 Å². The number of rotatable bonds is 8. The highest BCUT2D eigenvalue weighted by atomic mass is 16.5. The number of ether oxygens (including phenoxy) is 4. The molecule has 0 spiro atoms. The predicted octanol–water partition coefficient (Wildman–Crippen LogP) is 3.94. The van der Waals surface area contributed by atoms with Gasteiger partial charge in [0.05, 0.1) is 52.9 Å². The molecule has 182 valence electrons. The lowest BCUT2D eigenvalue weighted by Crippen LogP contribution is -2.29. The molecule has 1 unspecified atom stereocenters. The highest BCUT2D eigenvalue weighted by Crippen LogP contribution is 2.46. The van der Waals surface area contributed by atoms with E-state index in [9.17, 15) is 14.7 Å². The number of carbonyl (C=O) groups excluding carboxylic acids is 2. The van der Waals surface area contributed by atoms with Crippen molar-refractivity contribution < 1.29 is 38.1 Å². The fourth-order valence-corrected chi connectivity index (χ4v) is 4.15. The Labute approximate surface area is 202 Å². The molecule has 1 atom stereocenters. The van der Waals surface area contributed by atoms with Crippen LogP contribution in [0.2, 0.25) is 0 Å². The second-order valence-corrected chi connectivity index (χ2v) is 7.70. The van der Waals surface area contributed by atoms with Crippen molar-refractivity contribution in [2.75, 3.05) is 28.4 Å². The minimum Gasteiger partial charge on any atom is -0.507 e. The SMILES string of the molecule is COc1cccc(C(O)=C2C(=O)C(=O)N(Cc3ccco3)C2c2cc(OC)c(OC)c(OC)c2)c1. The Morgan fingerprint density at radius 2 is 1.66 bits per heavy atom. The van der Waals surface area contributed by atoms with Gasteiger partial charge < -0.3 is 33.4 Å². The van der Waals surface area contributed by atoms with E-state index in [0.717, 1.165) is 0 Å². The lowest BCUT2D eigenvalue weighted by molar-refractivity contribution is -0.140. The number of aliphatic hydroxyl groups is 1. The summed E-state index contributed by atoms with van der Waals surface area (Å²) in [7, 11) is 5.91. The van der Waals surface area contributed by atoms with Crippen molar-refractivity contribution in [1.29, 1.82) is 0 Å². The van der Waals surface area contributed by atoms with Gasteiger partial charge in [-0.3, -0.25) is 9.59 Å². The molecular formula is C26H25NO8. The molecule has 2 aromatic carbocycles. The second kappa shape index (κ2) is 9.84. The minimum atomic E-state index is -0.958. The Morgan fingerprint density at radius 3 is 2.23 bits per heavy atom. The molecule has 3 aromatic rings. The van der Waals surface area contributed by atoms with E-state index in [2.05, 4.69) is 0 Å². The van der Waals surface area contributed by atoms with Crippen molar-refractivity contribution in [3.8, 4) is 23.0 Å². The first kappa shape index (κ1) is 23.7. The zero-order chi connectivity index (χ0) is 25.1. The van der Waals surface area contributed by atoms with Gasteiger partial charge in [0.15, 0.2) is 11.5 Å². The number of ketones is 1. The summed E-state index contributed by atoms with van der Waals surface area (Å²) in [5, 5.41) is 11.3. The predicted molar refractivity (Wildman–Crippen MR) is 126 cm³/mol. The molecular weight excluding hydrogens is 454 g/mol. The van der Waals surface area contributed by atoms with Gasteiger partial charge in [-0.15, -0.1) is 0 Å². The molecule has 1 saturated heterocycles. The van der Waals surface area contributed by atoms with Crippen molar-refractivity contribution in [2.24, 2.45) is 0 Å². The fraction of sp³-hybridized carbons (Fsp3) is 0.231. The van der Waals surface area contributed by atoms with Gasteiger partial charge in [0.25, 0.3) is 11.7 Å². The Kier molecular flexibility index (Phi) is 6.68. The molecule has 0 aliphatic carbocycles. The molecule has 1 fully saturated rings. The first-order valence-corrected chi connectivity index (χ1v) is 10.7. The molecule has 0 saturated carbocycles. The normalized spacial score (nSPS) is 16.9. The maximum Gasteiger partial charge on any atom is 0.296 e. The first-order valence-electron chi connectivity index (χ1n) is 10.7. The number of likely N-dealkylation sites (tertiary alicyclic amines) is 1. The van der Waals surface area contributed by atoms with Crippen LogP contribution in [-0.4, -0.2) is 50.1 Å².